The second kappa shape index (κ2) is 4.01. The van der Waals surface area contributed by atoms with E-state index in [2.05, 4.69) is 14.4 Å². The van der Waals surface area contributed by atoms with Crippen LogP contribution in [0, 0.1) is 0 Å². The molecule has 0 aromatic carbocycles. The minimum atomic E-state index is -0.678. The monoisotopic (exact) mass is 220 g/mol. The number of nitrogens with zero attached hydrogens (tertiary/aromatic N) is 2. The number of aromatic nitrogens is 2. The van der Waals surface area contributed by atoms with Gasteiger partial charge in [-0.1, -0.05) is 5.16 Å². The zero-order chi connectivity index (χ0) is 11.5. The Morgan fingerprint density at radius 3 is 2.94 bits per heavy atom. The van der Waals surface area contributed by atoms with Crippen LogP contribution in [0.2, 0.25) is 0 Å². The van der Waals surface area contributed by atoms with Crippen molar-refractivity contribution in [3.8, 4) is 5.82 Å². The van der Waals surface area contributed by atoms with Crippen LogP contribution in [0.15, 0.2) is 40.0 Å². The summed E-state index contributed by atoms with van der Waals surface area (Å²) in [4.78, 5) is 23.1. The van der Waals surface area contributed by atoms with Gasteiger partial charge in [-0.15, -0.1) is 0 Å². The lowest BCUT2D eigenvalue weighted by atomic mass is 10.3. The van der Waals surface area contributed by atoms with Crippen LogP contribution in [0.4, 0.5) is 0 Å². The first kappa shape index (κ1) is 10.2. The van der Waals surface area contributed by atoms with E-state index in [0.29, 0.717) is 5.82 Å². The topological polar surface area (TPSA) is 74.3 Å². The van der Waals surface area contributed by atoms with Crippen molar-refractivity contribution in [2.45, 2.75) is 0 Å². The zero-order valence-electron chi connectivity index (χ0n) is 8.41. The van der Waals surface area contributed by atoms with E-state index in [0.717, 1.165) is 0 Å². The standard InChI is InChI=1S/C10H8N2O4/c1-15-10(14)7-3-2-5-12(9(7)13)8-4-6-16-11-8/h2-6H,1H3. The third-order valence-corrected chi connectivity index (χ3v) is 2.02. The highest BCUT2D eigenvalue weighted by Crippen LogP contribution is 2.02. The molecule has 2 heterocycles. The lowest BCUT2D eigenvalue weighted by Crippen LogP contribution is -2.25. The summed E-state index contributed by atoms with van der Waals surface area (Å²) in [5, 5.41) is 3.61. The Bertz CT molecular complexity index is 556. The van der Waals surface area contributed by atoms with Crippen LogP contribution in [-0.2, 0) is 4.74 Å². The van der Waals surface area contributed by atoms with Crippen LogP contribution < -0.4 is 5.56 Å². The predicted molar refractivity (Wildman–Crippen MR) is 53.4 cm³/mol. The van der Waals surface area contributed by atoms with Crippen molar-refractivity contribution >= 4 is 5.97 Å². The Balaban J connectivity index is 2.58. The molecular weight excluding hydrogens is 212 g/mol. The summed E-state index contributed by atoms with van der Waals surface area (Å²) in [6.07, 6.45) is 2.83. The summed E-state index contributed by atoms with van der Waals surface area (Å²) in [6, 6.07) is 4.47. The van der Waals surface area contributed by atoms with E-state index in [1.165, 1.54) is 36.3 Å². The molecule has 0 atom stereocenters. The molecule has 0 N–H and O–H groups in total. The molecule has 0 aliphatic rings. The number of hydrogen-bond donors (Lipinski definition) is 0. The minimum Gasteiger partial charge on any atom is -0.465 e. The maximum absolute atomic E-state index is 11.8. The second-order valence-corrected chi connectivity index (χ2v) is 2.95. The number of esters is 1. The van der Waals surface area contributed by atoms with E-state index in [9.17, 15) is 9.59 Å². The van der Waals surface area contributed by atoms with Crippen LogP contribution in [0.3, 0.4) is 0 Å². The molecule has 82 valence electrons. The molecule has 0 aliphatic carbocycles. The summed E-state index contributed by atoms with van der Waals surface area (Å²) >= 11 is 0. The van der Waals surface area contributed by atoms with Gasteiger partial charge in [0.25, 0.3) is 5.56 Å². The molecule has 2 aromatic heterocycles. The number of rotatable bonds is 2. The number of pyridine rings is 1. The van der Waals surface area contributed by atoms with Crippen LogP contribution in [0.25, 0.3) is 5.82 Å². The van der Waals surface area contributed by atoms with Gasteiger partial charge in [-0.2, -0.15) is 0 Å². The molecule has 0 fully saturated rings. The first-order chi connectivity index (χ1) is 7.74. The molecule has 0 unspecified atom stereocenters. The van der Waals surface area contributed by atoms with E-state index in [1.807, 2.05) is 0 Å². The Morgan fingerprint density at radius 2 is 2.31 bits per heavy atom. The normalized spacial score (nSPS) is 10.1. The quantitative estimate of drug-likeness (QED) is 0.693. The zero-order valence-corrected chi connectivity index (χ0v) is 8.41. The smallest absolute Gasteiger partial charge is 0.343 e. The fraction of sp³-hybridized carbons (Fsp3) is 0.100. The Hall–Kier alpha value is -2.37. The lowest BCUT2D eigenvalue weighted by Gasteiger charge is -2.02. The molecule has 0 saturated heterocycles. The third kappa shape index (κ3) is 1.60. The summed E-state index contributed by atoms with van der Waals surface area (Å²) in [5.74, 6) is -0.362. The van der Waals surface area contributed by atoms with E-state index in [4.69, 9.17) is 0 Å². The van der Waals surface area contributed by atoms with E-state index in [1.54, 1.807) is 6.07 Å². The molecule has 0 radical (unpaired) electrons. The van der Waals surface area contributed by atoms with Crippen molar-refractivity contribution in [2.24, 2.45) is 0 Å². The largest absolute Gasteiger partial charge is 0.465 e. The highest BCUT2D eigenvalue weighted by molar-refractivity contribution is 5.88. The van der Waals surface area contributed by atoms with Crippen molar-refractivity contribution in [3.05, 3.63) is 46.6 Å². The number of hydrogen-bond acceptors (Lipinski definition) is 5. The van der Waals surface area contributed by atoms with Gasteiger partial charge >= 0.3 is 5.97 Å². The van der Waals surface area contributed by atoms with Gasteiger partial charge in [0, 0.05) is 12.3 Å². The molecule has 2 aromatic rings. The van der Waals surface area contributed by atoms with E-state index >= 15 is 0 Å². The second-order valence-electron chi connectivity index (χ2n) is 2.95. The molecular formula is C10H8N2O4. The Labute approximate surface area is 90.0 Å². The lowest BCUT2D eigenvalue weighted by molar-refractivity contribution is 0.0598. The van der Waals surface area contributed by atoms with Gasteiger partial charge in [-0.25, -0.2) is 4.79 Å². The molecule has 0 spiro atoms. The summed E-state index contributed by atoms with van der Waals surface area (Å²) in [7, 11) is 1.22. The van der Waals surface area contributed by atoms with Crippen LogP contribution in [-0.4, -0.2) is 22.8 Å². The SMILES string of the molecule is COC(=O)c1cccn(-c2ccon2)c1=O. The summed E-state index contributed by atoms with van der Waals surface area (Å²) in [5.41, 5.74) is -0.545. The van der Waals surface area contributed by atoms with Crippen LogP contribution in [0.1, 0.15) is 10.4 Å². The van der Waals surface area contributed by atoms with Gasteiger partial charge < -0.3 is 9.26 Å². The number of carbonyl (C=O) groups is 1. The van der Waals surface area contributed by atoms with Crippen molar-refractivity contribution in [1.82, 2.24) is 9.72 Å². The average molecular weight is 220 g/mol. The highest BCUT2D eigenvalue weighted by atomic mass is 16.5. The van der Waals surface area contributed by atoms with E-state index < -0.39 is 11.5 Å². The van der Waals surface area contributed by atoms with Gasteiger partial charge in [0.05, 0.1) is 7.11 Å². The van der Waals surface area contributed by atoms with Gasteiger partial charge in [-0.05, 0) is 12.1 Å². The maximum atomic E-state index is 11.8. The molecule has 6 nitrogen and oxygen atoms in total. The van der Waals surface area contributed by atoms with Gasteiger partial charge in [-0.3, -0.25) is 9.36 Å². The van der Waals surface area contributed by atoms with Crippen LogP contribution in [0.5, 0.6) is 0 Å². The fourth-order valence-electron chi connectivity index (χ4n) is 1.27. The van der Waals surface area contributed by atoms with Crippen LogP contribution >= 0.6 is 0 Å². The average Bonchev–Trinajstić information content (AvgIpc) is 2.82. The van der Waals surface area contributed by atoms with Gasteiger partial charge in [0.1, 0.15) is 11.8 Å². The minimum absolute atomic E-state index is 0.0481. The Kier molecular flexibility index (Phi) is 2.55. The molecule has 6 heteroatoms. The van der Waals surface area contributed by atoms with Crippen molar-refractivity contribution in [1.29, 1.82) is 0 Å². The van der Waals surface area contributed by atoms with Crippen molar-refractivity contribution < 1.29 is 14.1 Å². The molecule has 16 heavy (non-hydrogen) atoms. The predicted octanol–water partition coefficient (Wildman–Crippen LogP) is 0.612. The fourth-order valence-corrected chi connectivity index (χ4v) is 1.27. The molecule has 0 amide bonds. The first-order valence-corrected chi connectivity index (χ1v) is 4.45. The van der Waals surface area contributed by atoms with Crippen molar-refractivity contribution in [2.75, 3.05) is 7.11 Å². The molecule has 0 aliphatic heterocycles. The van der Waals surface area contributed by atoms with E-state index in [-0.39, 0.29) is 5.56 Å². The molecule has 0 saturated carbocycles. The Morgan fingerprint density at radius 1 is 1.50 bits per heavy atom. The number of carbonyl (C=O) groups excluding carboxylic acids is 1. The highest BCUT2D eigenvalue weighted by Gasteiger charge is 2.13. The van der Waals surface area contributed by atoms with Crippen molar-refractivity contribution in [3.63, 3.8) is 0 Å². The first-order valence-electron chi connectivity index (χ1n) is 4.45. The number of methoxy groups -OCH3 is 1. The molecule has 0 bridgehead atoms. The molecule has 2 rings (SSSR count). The summed E-state index contributed by atoms with van der Waals surface area (Å²) in [6.45, 7) is 0. The maximum Gasteiger partial charge on any atom is 0.343 e. The van der Waals surface area contributed by atoms with Gasteiger partial charge in [0.15, 0.2) is 5.82 Å². The summed E-state index contributed by atoms with van der Waals surface area (Å²) < 4.78 is 10.3. The van der Waals surface area contributed by atoms with Gasteiger partial charge in [0.2, 0.25) is 0 Å². The number of ether oxygens (including phenoxy) is 1. The third-order valence-electron chi connectivity index (χ3n) is 2.02.